The molecule has 4 heteroatoms. The quantitative estimate of drug-likeness (QED) is 0.591. The van der Waals surface area contributed by atoms with Gasteiger partial charge < -0.3 is 9.73 Å². The van der Waals surface area contributed by atoms with Gasteiger partial charge in [-0.25, -0.2) is 4.98 Å². The number of nitrogens with one attached hydrogen (secondary N) is 1. The number of hydrogen-bond donors (Lipinski definition) is 1. The molecule has 0 saturated heterocycles. The van der Waals surface area contributed by atoms with Crippen molar-refractivity contribution in [3.05, 3.63) is 78.3 Å². The summed E-state index contributed by atoms with van der Waals surface area (Å²) in [4.78, 5) is 16.9. The van der Waals surface area contributed by atoms with Crippen molar-refractivity contribution >= 4 is 5.91 Å². The van der Waals surface area contributed by atoms with E-state index in [9.17, 15) is 4.79 Å². The highest BCUT2D eigenvalue weighted by Crippen LogP contribution is 2.46. The molecule has 4 nitrogen and oxygen atoms in total. The Bertz CT molecular complexity index is 905. The van der Waals surface area contributed by atoms with Crippen LogP contribution in [0, 0.1) is 11.8 Å². The molecule has 1 aliphatic carbocycles. The van der Waals surface area contributed by atoms with Gasteiger partial charge in [0.25, 0.3) is 0 Å². The summed E-state index contributed by atoms with van der Waals surface area (Å²) < 4.78 is 5.82. The number of aromatic nitrogens is 1. The average Bonchev–Trinajstić information content (AvgIpc) is 3.26. The van der Waals surface area contributed by atoms with E-state index >= 15 is 0 Å². The fourth-order valence-corrected chi connectivity index (χ4v) is 3.72. The molecule has 3 atom stereocenters. The van der Waals surface area contributed by atoms with E-state index in [1.807, 2.05) is 48.5 Å². The van der Waals surface area contributed by atoms with Gasteiger partial charge in [0, 0.05) is 18.4 Å². The third-order valence-corrected chi connectivity index (χ3v) is 5.48. The molecule has 144 valence electrons. The summed E-state index contributed by atoms with van der Waals surface area (Å²) in [5.41, 5.74) is 2.22. The molecule has 0 radical (unpaired) electrons. The normalized spacial score (nSPS) is 19.2. The molecule has 1 heterocycles. The minimum absolute atomic E-state index is 0.0998. The molecule has 1 amide bonds. The predicted molar refractivity (Wildman–Crippen MR) is 109 cm³/mol. The molecule has 1 aromatic heterocycles. The molecule has 1 fully saturated rings. The Labute approximate surface area is 166 Å². The van der Waals surface area contributed by atoms with Crippen molar-refractivity contribution in [2.24, 2.45) is 11.8 Å². The number of nitrogens with zero attached hydrogens (tertiary/aromatic N) is 1. The molecule has 3 aromatic rings. The average molecular weight is 374 g/mol. The zero-order valence-electron chi connectivity index (χ0n) is 16.2. The highest BCUT2D eigenvalue weighted by atomic mass is 16.4. The van der Waals surface area contributed by atoms with Gasteiger partial charge in [-0.3, -0.25) is 4.79 Å². The summed E-state index contributed by atoms with van der Waals surface area (Å²) in [5.74, 6) is 2.78. The molecule has 0 bridgehead atoms. The topological polar surface area (TPSA) is 55.1 Å². The standard InChI is InChI=1S/C24H26N2O2/c1-17-15-20(17)24(19-11-6-3-7-12-19)26-22(27)13-8-14-23-25-16-21(28-23)18-9-4-2-5-10-18/h2-7,9-12,16-17,20,24H,8,13-15H2,1H3,(H,26,27). The zero-order valence-corrected chi connectivity index (χ0v) is 16.2. The van der Waals surface area contributed by atoms with Gasteiger partial charge in [0.15, 0.2) is 11.7 Å². The largest absolute Gasteiger partial charge is 0.441 e. The zero-order chi connectivity index (χ0) is 19.3. The van der Waals surface area contributed by atoms with Crippen molar-refractivity contribution in [1.82, 2.24) is 10.3 Å². The number of rotatable bonds is 8. The van der Waals surface area contributed by atoms with Gasteiger partial charge in [0.05, 0.1) is 12.2 Å². The van der Waals surface area contributed by atoms with Crippen molar-refractivity contribution < 1.29 is 9.21 Å². The minimum Gasteiger partial charge on any atom is -0.441 e. The van der Waals surface area contributed by atoms with Crippen LogP contribution in [0.5, 0.6) is 0 Å². The van der Waals surface area contributed by atoms with Crippen LogP contribution in [0.15, 0.2) is 71.3 Å². The lowest BCUT2D eigenvalue weighted by Gasteiger charge is -2.19. The van der Waals surface area contributed by atoms with Gasteiger partial charge >= 0.3 is 0 Å². The maximum absolute atomic E-state index is 12.5. The van der Waals surface area contributed by atoms with E-state index in [1.54, 1.807) is 6.20 Å². The van der Waals surface area contributed by atoms with Crippen LogP contribution in [0.3, 0.4) is 0 Å². The van der Waals surface area contributed by atoms with Crippen LogP contribution in [0.25, 0.3) is 11.3 Å². The fraction of sp³-hybridized carbons (Fsp3) is 0.333. The third-order valence-electron chi connectivity index (χ3n) is 5.48. The SMILES string of the molecule is CC1CC1C(NC(=O)CCCc1ncc(-c2ccccc2)o1)c1ccccc1. The lowest BCUT2D eigenvalue weighted by molar-refractivity contribution is -0.122. The van der Waals surface area contributed by atoms with Crippen LogP contribution in [0.1, 0.15) is 43.7 Å². The number of oxazole rings is 1. The summed E-state index contributed by atoms with van der Waals surface area (Å²) in [6.45, 7) is 2.25. The smallest absolute Gasteiger partial charge is 0.220 e. The maximum Gasteiger partial charge on any atom is 0.220 e. The Hall–Kier alpha value is -2.88. The van der Waals surface area contributed by atoms with Gasteiger partial charge in [-0.1, -0.05) is 67.6 Å². The summed E-state index contributed by atoms with van der Waals surface area (Å²) in [6, 6.07) is 20.3. The Balaban J connectivity index is 1.29. The van der Waals surface area contributed by atoms with Crippen LogP contribution < -0.4 is 5.32 Å². The molecule has 0 aliphatic heterocycles. The maximum atomic E-state index is 12.5. The molecule has 1 N–H and O–H groups in total. The van der Waals surface area contributed by atoms with Crippen molar-refractivity contribution in [2.45, 2.75) is 38.6 Å². The number of carbonyl (C=O) groups excluding carboxylic acids is 1. The van der Waals surface area contributed by atoms with Crippen molar-refractivity contribution in [1.29, 1.82) is 0 Å². The molecular formula is C24H26N2O2. The Kier molecular flexibility index (Phi) is 5.56. The monoisotopic (exact) mass is 374 g/mol. The number of carbonyl (C=O) groups is 1. The highest BCUT2D eigenvalue weighted by Gasteiger charge is 2.40. The first-order valence-electron chi connectivity index (χ1n) is 10.0. The second-order valence-corrected chi connectivity index (χ2v) is 7.67. The molecule has 3 unspecified atom stereocenters. The summed E-state index contributed by atoms with van der Waals surface area (Å²) in [5, 5.41) is 3.25. The molecule has 1 aliphatic rings. The Morgan fingerprint density at radius 3 is 2.50 bits per heavy atom. The first-order chi connectivity index (χ1) is 13.7. The lowest BCUT2D eigenvalue weighted by Crippen LogP contribution is -2.30. The van der Waals surface area contributed by atoms with E-state index in [4.69, 9.17) is 4.42 Å². The number of aryl methyl sites for hydroxylation is 1. The third kappa shape index (κ3) is 4.50. The summed E-state index contributed by atoms with van der Waals surface area (Å²) >= 11 is 0. The van der Waals surface area contributed by atoms with E-state index in [0.29, 0.717) is 30.6 Å². The number of benzene rings is 2. The second kappa shape index (κ2) is 8.42. The van der Waals surface area contributed by atoms with E-state index in [-0.39, 0.29) is 11.9 Å². The molecule has 1 saturated carbocycles. The van der Waals surface area contributed by atoms with Gasteiger partial charge in [-0.05, 0) is 30.2 Å². The highest BCUT2D eigenvalue weighted by molar-refractivity contribution is 5.76. The molecule has 0 spiro atoms. The minimum atomic E-state index is 0.0998. The van der Waals surface area contributed by atoms with E-state index in [1.165, 1.54) is 12.0 Å². The van der Waals surface area contributed by atoms with Crippen molar-refractivity contribution in [3.63, 3.8) is 0 Å². The van der Waals surface area contributed by atoms with Gasteiger partial charge in [0.1, 0.15) is 0 Å². The van der Waals surface area contributed by atoms with Crippen molar-refractivity contribution in [2.75, 3.05) is 0 Å². The molecule has 4 rings (SSSR count). The molecular weight excluding hydrogens is 348 g/mol. The van der Waals surface area contributed by atoms with E-state index in [0.717, 1.165) is 17.7 Å². The van der Waals surface area contributed by atoms with Crippen LogP contribution in [0.2, 0.25) is 0 Å². The summed E-state index contributed by atoms with van der Waals surface area (Å²) in [6.07, 6.45) is 4.80. The van der Waals surface area contributed by atoms with Gasteiger partial charge in [0.2, 0.25) is 5.91 Å². The summed E-state index contributed by atoms with van der Waals surface area (Å²) in [7, 11) is 0. The van der Waals surface area contributed by atoms with Crippen LogP contribution >= 0.6 is 0 Å². The second-order valence-electron chi connectivity index (χ2n) is 7.67. The van der Waals surface area contributed by atoms with Crippen LogP contribution in [-0.2, 0) is 11.2 Å². The predicted octanol–water partition coefficient (Wildman–Crippen LogP) is 5.18. The first kappa shape index (κ1) is 18.5. The van der Waals surface area contributed by atoms with Crippen LogP contribution in [-0.4, -0.2) is 10.9 Å². The van der Waals surface area contributed by atoms with Gasteiger partial charge in [-0.15, -0.1) is 0 Å². The number of hydrogen-bond acceptors (Lipinski definition) is 3. The lowest BCUT2D eigenvalue weighted by atomic mass is 10.0. The van der Waals surface area contributed by atoms with Gasteiger partial charge in [-0.2, -0.15) is 0 Å². The van der Waals surface area contributed by atoms with E-state index in [2.05, 4.69) is 29.4 Å². The van der Waals surface area contributed by atoms with E-state index < -0.39 is 0 Å². The Morgan fingerprint density at radius 2 is 1.82 bits per heavy atom. The van der Waals surface area contributed by atoms with Crippen LogP contribution in [0.4, 0.5) is 0 Å². The Morgan fingerprint density at radius 1 is 1.14 bits per heavy atom. The molecule has 2 aromatic carbocycles. The van der Waals surface area contributed by atoms with Crippen molar-refractivity contribution in [3.8, 4) is 11.3 Å². The molecule has 28 heavy (non-hydrogen) atoms. The fourth-order valence-electron chi connectivity index (χ4n) is 3.72. The first-order valence-corrected chi connectivity index (χ1v) is 10.0. The number of amides is 1.